The zero-order chi connectivity index (χ0) is 8.43. The lowest BCUT2D eigenvalue weighted by Gasteiger charge is -2.12. The lowest BCUT2D eigenvalue weighted by atomic mass is 10.3. The Hall–Kier alpha value is -1.12. The molecule has 0 N–H and O–H groups in total. The molecule has 0 unspecified atom stereocenters. The summed E-state index contributed by atoms with van der Waals surface area (Å²) >= 11 is 0. The van der Waals surface area contributed by atoms with Crippen molar-refractivity contribution in [3.8, 4) is 0 Å². The van der Waals surface area contributed by atoms with Gasteiger partial charge in [-0.05, 0) is 18.6 Å². The number of aryl methyl sites for hydroxylation is 1. The lowest BCUT2D eigenvalue weighted by molar-refractivity contribution is 0.610. The molecule has 0 aliphatic heterocycles. The smallest absolute Gasteiger partial charge is 0.168 e. The molecule has 0 saturated carbocycles. The third-order valence-electron chi connectivity index (χ3n) is 1.49. The molecule has 1 heterocycles. The van der Waals surface area contributed by atoms with Crippen molar-refractivity contribution in [3.05, 3.63) is 23.6 Å². The van der Waals surface area contributed by atoms with Crippen LogP contribution in [0.25, 0.3) is 0 Å². The number of hydrogen-bond donors (Lipinski definition) is 0. The van der Waals surface area contributed by atoms with E-state index < -0.39 is 0 Å². The number of rotatable bonds is 1. The molecule has 0 aliphatic carbocycles. The SMILES string of the molecule is Cc1ccnc(N(C)C)c1F. The average molecular weight is 154 g/mol. The quantitative estimate of drug-likeness (QED) is 0.610. The summed E-state index contributed by atoms with van der Waals surface area (Å²) in [7, 11) is 3.54. The highest BCUT2D eigenvalue weighted by atomic mass is 19.1. The van der Waals surface area contributed by atoms with E-state index in [9.17, 15) is 4.39 Å². The van der Waals surface area contributed by atoms with Gasteiger partial charge in [-0.2, -0.15) is 0 Å². The van der Waals surface area contributed by atoms with Gasteiger partial charge in [-0.3, -0.25) is 0 Å². The maximum atomic E-state index is 13.1. The predicted octanol–water partition coefficient (Wildman–Crippen LogP) is 1.60. The molecule has 11 heavy (non-hydrogen) atoms. The highest BCUT2D eigenvalue weighted by molar-refractivity contribution is 5.40. The predicted molar refractivity (Wildman–Crippen MR) is 43.3 cm³/mol. The van der Waals surface area contributed by atoms with E-state index in [4.69, 9.17) is 0 Å². The first kappa shape index (κ1) is 7.98. The van der Waals surface area contributed by atoms with Gasteiger partial charge >= 0.3 is 0 Å². The third-order valence-corrected chi connectivity index (χ3v) is 1.49. The molecule has 60 valence electrons. The molecular weight excluding hydrogens is 143 g/mol. The minimum Gasteiger partial charge on any atom is -0.360 e. The van der Waals surface area contributed by atoms with Crippen LogP contribution in [0.5, 0.6) is 0 Å². The largest absolute Gasteiger partial charge is 0.360 e. The molecular formula is C8H11FN2. The van der Waals surface area contributed by atoms with E-state index >= 15 is 0 Å². The summed E-state index contributed by atoms with van der Waals surface area (Å²) in [5, 5.41) is 0. The molecule has 1 aromatic heterocycles. The van der Waals surface area contributed by atoms with Crippen LogP contribution in [0.2, 0.25) is 0 Å². The molecule has 0 atom stereocenters. The Labute approximate surface area is 65.7 Å². The molecule has 0 fully saturated rings. The van der Waals surface area contributed by atoms with Gasteiger partial charge in [-0.1, -0.05) is 0 Å². The summed E-state index contributed by atoms with van der Waals surface area (Å²) < 4.78 is 13.1. The molecule has 1 rings (SSSR count). The second-order valence-electron chi connectivity index (χ2n) is 2.66. The van der Waals surface area contributed by atoms with Crippen LogP contribution in [0.15, 0.2) is 12.3 Å². The van der Waals surface area contributed by atoms with E-state index in [1.54, 1.807) is 38.2 Å². The van der Waals surface area contributed by atoms with Crippen LogP contribution < -0.4 is 4.90 Å². The summed E-state index contributed by atoms with van der Waals surface area (Å²) in [4.78, 5) is 5.54. The summed E-state index contributed by atoms with van der Waals surface area (Å²) in [5.74, 6) is 0.155. The van der Waals surface area contributed by atoms with Crippen LogP contribution in [0.1, 0.15) is 5.56 Å². The minimum atomic E-state index is -0.238. The van der Waals surface area contributed by atoms with Crippen molar-refractivity contribution < 1.29 is 4.39 Å². The Morgan fingerprint density at radius 2 is 2.09 bits per heavy atom. The first-order valence-electron chi connectivity index (χ1n) is 3.41. The van der Waals surface area contributed by atoms with Gasteiger partial charge in [0.05, 0.1) is 0 Å². The van der Waals surface area contributed by atoms with Gasteiger partial charge in [0, 0.05) is 20.3 Å². The maximum Gasteiger partial charge on any atom is 0.168 e. The molecule has 2 nitrogen and oxygen atoms in total. The van der Waals surface area contributed by atoms with E-state index in [1.165, 1.54) is 0 Å². The molecule has 0 amide bonds. The minimum absolute atomic E-state index is 0.238. The van der Waals surface area contributed by atoms with Gasteiger partial charge in [0.1, 0.15) is 0 Å². The monoisotopic (exact) mass is 154 g/mol. The Bertz CT molecular complexity index is 258. The molecule has 0 radical (unpaired) electrons. The maximum absolute atomic E-state index is 13.1. The van der Waals surface area contributed by atoms with E-state index in [0.717, 1.165) is 0 Å². The summed E-state index contributed by atoms with van der Waals surface area (Å²) in [6.45, 7) is 1.73. The Morgan fingerprint density at radius 1 is 1.45 bits per heavy atom. The molecule has 3 heteroatoms. The van der Waals surface area contributed by atoms with Crippen LogP contribution in [-0.2, 0) is 0 Å². The number of pyridine rings is 1. The van der Waals surface area contributed by atoms with Crippen molar-refractivity contribution in [1.29, 1.82) is 0 Å². The van der Waals surface area contributed by atoms with Crippen molar-refractivity contribution in [3.63, 3.8) is 0 Å². The first-order valence-corrected chi connectivity index (χ1v) is 3.41. The first-order chi connectivity index (χ1) is 5.13. The number of nitrogens with zero attached hydrogens (tertiary/aromatic N) is 2. The van der Waals surface area contributed by atoms with E-state index in [2.05, 4.69) is 4.98 Å². The number of hydrogen-bond acceptors (Lipinski definition) is 2. The highest BCUT2D eigenvalue weighted by Gasteiger charge is 2.06. The number of aromatic nitrogens is 1. The van der Waals surface area contributed by atoms with Crippen LogP contribution in [0.3, 0.4) is 0 Å². The third kappa shape index (κ3) is 1.48. The average Bonchev–Trinajstić information content (AvgIpc) is 1.94. The van der Waals surface area contributed by atoms with Crippen LogP contribution in [-0.4, -0.2) is 19.1 Å². The second-order valence-corrected chi connectivity index (χ2v) is 2.66. The van der Waals surface area contributed by atoms with E-state index in [1.807, 2.05) is 0 Å². The fourth-order valence-corrected chi connectivity index (χ4v) is 0.838. The fraction of sp³-hybridized carbons (Fsp3) is 0.375. The zero-order valence-corrected chi connectivity index (χ0v) is 6.93. The van der Waals surface area contributed by atoms with Gasteiger partial charge in [-0.25, -0.2) is 9.37 Å². The fourth-order valence-electron chi connectivity index (χ4n) is 0.838. The van der Waals surface area contributed by atoms with Crippen molar-refractivity contribution in [1.82, 2.24) is 4.98 Å². The van der Waals surface area contributed by atoms with Gasteiger partial charge in [0.15, 0.2) is 11.6 Å². The normalized spacial score (nSPS) is 9.82. The van der Waals surface area contributed by atoms with Crippen LogP contribution in [0.4, 0.5) is 10.2 Å². The van der Waals surface area contributed by atoms with Crippen molar-refractivity contribution in [2.24, 2.45) is 0 Å². The highest BCUT2D eigenvalue weighted by Crippen LogP contribution is 2.15. The van der Waals surface area contributed by atoms with E-state index in [0.29, 0.717) is 11.4 Å². The molecule has 0 aliphatic rings. The molecule has 1 aromatic rings. The van der Waals surface area contributed by atoms with Crippen molar-refractivity contribution >= 4 is 5.82 Å². The summed E-state index contributed by atoms with van der Waals surface area (Å²) in [6, 6.07) is 1.66. The number of anilines is 1. The molecule has 0 bridgehead atoms. The van der Waals surface area contributed by atoms with Crippen molar-refractivity contribution in [2.45, 2.75) is 6.92 Å². The zero-order valence-electron chi connectivity index (χ0n) is 6.93. The van der Waals surface area contributed by atoms with Crippen LogP contribution >= 0.6 is 0 Å². The van der Waals surface area contributed by atoms with E-state index in [-0.39, 0.29) is 5.82 Å². The van der Waals surface area contributed by atoms with Gasteiger partial charge < -0.3 is 4.90 Å². The summed E-state index contributed by atoms with van der Waals surface area (Å²) in [5.41, 5.74) is 0.628. The van der Waals surface area contributed by atoms with Gasteiger partial charge in [0.2, 0.25) is 0 Å². The molecule has 0 saturated heterocycles. The Kier molecular flexibility index (Phi) is 2.08. The Morgan fingerprint density at radius 3 is 2.55 bits per heavy atom. The molecule has 0 spiro atoms. The van der Waals surface area contributed by atoms with Crippen LogP contribution in [0, 0.1) is 12.7 Å². The van der Waals surface area contributed by atoms with Gasteiger partial charge in [0.25, 0.3) is 0 Å². The second kappa shape index (κ2) is 2.86. The molecule has 0 aromatic carbocycles. The lowest BCUT2D eigenvalue weighted by Crippen LogP contribution is -2.13. The number of halogens is 1. The van der Waals surface area contributed by atoms with Gasteiger partial charge in [-0.15, -0.1) is 0 Å². The topological polar surface area (TPSA) is 16.1 Å². The summed E-state index contributed by atoms with van der Waals surface area (Å²) in [6.07, 6.45) is 1.60. The van der Waals surface area contributed by atoms with Crippen molar-refractivity contribution in [2.75, 3.05) is 19.0 Å². The Balaban J connectivity index is 3.17. The standard InChI is InChI=1S/C8H11FN2/c1-6-4-5-10-8(7(6)9)11(2)3/h4-5H,1-3H3.